The van der Waals surface area contributed by atoms with Gasteiger partial charge in [0.2, 0.25) is 11.7 Å². The highest BCUT2D eigenvalue weighted by atomic mass is 35.5. The first-order chi connectivity index (χ1) is 12.9. The number of nitrogens with two attached hydrogens (primary N) is 1. The Balaban J connectivity index is 1.59. The van der Waals surface area contributed by atoms with E-state index in [2.05, 4.69) is 15.4 Å². The molecule has 1 aromatic heterocycles. The summed E-state index contributed by atoms with van der Waals surface area (Å²) in [7, 11) is 0. The summed E-state index contributed by atoms with van der Waals surface area (Å²) in [5.41, 5.74) is 6.26. The lowest BCUT2D eigenvalue weighted by Crippen LogP contribution is -2.25. The van der Waals surface area contributed by atoms with Crippen LogP contribution in [0, 0.1) is 0 Å². The molecule has 1 heterocycles. The van der Waals surface area contributed by atoms with Gasteiger partial charge in [-0.15, -0.1) is 10.2 Å². The predicted octanol–water partition coefficient (Wildman–Crippen LogP) is 2.19. The van der Waals surface area contributed by atoms with Crippen LogP contribution >= 0.6 is 23.2 Å². The molecule has 0 spiro atoms. The predicted molar refractivity (Wildman–Crippen MR) is 99.7 cm³/mol. The van der Waals surface area contributed by atoms with Gasteiger partial charge in [-0.25, -0.2) is 0 Å². The molecule has 2 aromatic carbocycles. The number of halogens is 2. The van der Waals surface area contributed by atoms with Crippen LogP contribution in [0.15, 0.2) is 42.5 Å². The van der Waals surface area contributed by atoms with Gasteiger partial charge in [-0.3, -0.25) is 4.79 Å². The third-order valence-corrected chi connectivity index (χ3v) is 4.13. The standard InChI is InChI=1S/C17H15Cl2N5O3/c18-12-5-6-14(19)15(7-12)27-9-13(25)8-24-22-17(21-23-24)11-3-1-10(2-4-11)16(20)26/h1-7,13,25H,8-9H2,(H2,20,26). The van der Waals surface area contributed by atoms with E-state index in [0.29, 0.717) is 32.7 Å². The molecule has 3 N–H and O–H groups in total. The Morgan fingerprint density at radius 2 is 1.96 bits per heavy atom. The zero-order valence-corrected chi connectivity index (χ0v) is 15.4. The molecular formula is C17H15Cl2N5O3. The van der Waals surface area contributed by atoms with E-state index in [1.165, 1.54) is 4.80 Å². The van der Waals surface area contributed by atoms with Gasteiger partial charge in [0.05, 0.1) is 11.6 Å². The molecule has 3 rings (SSSR count). The Kier molecular flexibility index (Phi) is 5.90. The molecule has 0 aliphatic rings. The van der Waals surface area contributed by atoms with Crippen molar-refractivity contribution in [2.24, 2.45) is 5.73 Å². The normalized spacial score (nSPS) is 12.0. The highest BCUT2D eigenvalue weighted by molar-refractivity contribution is 6.34. The van der Waals surface area contributed by atoms with Gasteiger partial charge in [0.1, 0.15) is 18.5 Å². The molecule has 1 unspecified atom stereocenters. The number of hydrogen-bond acceptors (Lipinski definition) is 6. The number of primary amides is 1. The lowest BCUT2D eigenvalue weighted by Gasteiger charge is -2.12. The highest BCUT2D eigenvalue weighted by Gasteiger charge is 2.13. The van der Waals surface area contributed by atoms with Crippen molar-refractivity contribution in [3.63, 3.8) is 0 Å². The quantitative estimate of drug-likeness (QED) is 0.619. The molecule has 0 bridgehead atoms. The van der Waals surface area contributed by atoms with Crippen LogP contribution in [0.4, 0.5) is 0 Å². The van der Waals surface area contributed by atoms with Crippen LogP contribution in [0.5, 0.6) is 5.75 Å². The second-order valence-corrected chi connectivity index (χ2v) is 6.49. The average Bonchev–Trinajstić information content (AvgIpc) is 3.11. The average molecular weight is 408 g/mol. The van der Waals surface area contributed by atoms with E-state index in [-0.39, 0.29) is 13.2 Å². The fourth-order valence-electron chi connectivity index (χ4n) is 2.23. The summed E-state index contributed by atoms with van der Waals surface area (Å²) in [6.45, 7) is 0.0504. The van der Waals surface area contributed by atoms with Crippen LogP contribution in [0.1, 0.15) is 10.4 Å². The fraction of sp³-hybridized carbons (Fsp3) is 0.176. The first-order valence-electron chi connectivity index (χ1n) is 7.86. The molecule has 8 nitrogen and oxygen atoms in total. The minimum Gasteiger partial charge on any atom is -0.489 e. The molecule has 0 saturated heterocycles. The van der Waals surface area contributed by atoms with Crippen LogP contribution in [0.2, 0.25) is 10.0 Å². The minimum absolute atomic E-state index is 0.0236. The third kappa shape index (κ3) is 4.94. The van der Waals surface area contributed by atoms with Gasteiger partial charge in [-0.1, -0.05) is 35.3 Å². The van der Waals surface area contributed by atoms with Crippen molar-refractivity contribution >= 4 is 29.1 Å². The molecule has 27 heavy (non-hydrogen) atoms. The molecule has 140 valence electrons. The topological polar surface area (TPSA) is 116 Å². The first-order valence-corrected chi connectivity index (χ1v) is 8.62. The Morgan fingerprint density at radius 1 is 1.22 bits per heavy atom. The van der Waals surface area contributed by atoms with Gasteiger partial charge in [-0.2, -0.15) is 4.80 Å². The number of nitrogens with zero attached hydrogens (tertiary/aromatic N) is 4. The van der Waals surface area contributed by atoms with E-state index >= 15 is 0 Å². The summed E-state index contributed by atoms with van der Waals surface area (Å²) in [6, 6.07) is 11.3. The number of ether oxygens (including phenoxy) is 1. The molecule has 0 radical (unpaired) electrons. The van der Waals surface area contributed by atoms with Gasteiger partial charge >= 0.3 is 0 Å². The molecule has 0 fully saturated rings. The molecular weight excluding hydrogens is 393 g/mol. The van der Waals surface area contributed by atoms with E-state index in [4.69, 9.17) is 33.7 Å². The van der Waals surface area contributed by atoms with Gasteiger partial charge < -0.3 is 15.6 Å². The van der Waals surface area contributed by atoms with Crippen LogP contribution < -0.4 is 10.5 Å². The molecule has 10 heteroatoms. The van der Waals surface area contributed by atoms with Crippen LogP contribution in [0.25, 0.3) is 11.4 Å². The van der Waals surface area contributed by atoms with Gasteiger partial charge in [0.25, 0.3) is 0 Å². The monoisotopic (exact) mass is 407 g/mol. The second kappa shape index (κ2) is 8.34. The van der Waals surface area contributed by atoms with Gasteiger partial charge in [0.15, 0.2) is 0 Å². The summed E-state index contributed by atoms with van der Waals surface area (Å²) in [4.78, 5) is 12.4. The number of tetrazole rings is 1. The summed E-state index contributed by atoms with van der Waals surface area (Å²) in [5, 5.41) is 23.0. The van der Waals surface area contributed by atoms with E-state index in [9.17, 15) is 9.90 Å². The number of amides is 1. The number of aromatic nitrogens is 4. The maximum Gasteiger partial charge on any atom is 0.248 e. The summed E-state index contributed by atoms with van der Waals surface area (Å²) >= 11 is 11.9. The van der Waals surface area contributed by atoms with Crippen molar-refractivity contribution in [1.82, 2.24) is 20.2 Å². The van der Waals surface area contributed by atoms with E-state index in [1.807, 2.05) is 0 Å². The van der Waals surface area contributed by atoms with Crippen molar-refractivity contribution in [2.45, 2.75) is 12.6 Å². The van der Waals surface area contributed by atoms with Gasteiger partial charge in [0, 0.05) is 22.2 Å². The fourth-order valence-corrected chi connectivity index (χ4v) is 2.57. The zero-order valence-electron chi connectivity index (χ0n) is 13.9. The molecule has 0 saturated carbocycles. The number of carbonyl (C=O) groups is 1. The number of aliphatic hydroxyl groups excluding tert-OH is 1. The van der Waals surface area contributed by atoms with Crippen LogP contribution in [0.3, 0.4) is 0 Å². The molecule has 3 aromatic rings. The Morgan fingerprint density at radius 3 is 2.67 bits per heavy atom. The third-order valence-electron chi connectivity index (χ3n) is 3.58. The van der Waals surface area contributed by atoms with Crippen LogP contribution in [-0.2, 0) is 6.54 Å². The molecule has 0 aliphatic heterocycles. The van der Waals surface area contributed by atoms with E-state index in [1.54, 1.807) is 42.5 Å². The summed E-state index contributed by atoms with van der Waals surface area (Å²) < 4.78 is 5.48. The van der Waals surface area contributed by atoms with Crippen molar-refractivity contribution in [3.8, 4) is 17.1 Å². The Bertz CT molecular complexity index is 946. The number of hydrogen-bond donors (Lipinski definition) is 2. The van der Waals surface area contributed by atoms with Crippen molar-refractivity contribution in [2.75, 3.05) is 6.61 Å². The smallest absolute Gasteiger partial charge is 0.248 e. The largest absolute Gasteiger partial charge is 0.489 e. The maximum absolute atomic E-state index is 11.1. The summed E-state index contributed by atoms with van der Waals surface area (Å²) in [6.07, 6.45) is -0.890. The van der Waals surface area contributed by atoms with Crippen molar-refractivity contribution in [3.05, 3.63) is 58.1 Å². The maximum atomic E-state index is 11.1. The Labute approximate surface area is 164 Å². The van der Waals surface area contributed by atoms with E-state index in [0.717, 1.165) is 0 Å². The molecule has 0 aliphatic carbocycles. The van der Waals surface area contributed by atoms with Crippen molar-refractivity contribution in [1.29, 1.82) is 0 Å². The van der Waals surface area contributed by atoms with Crippen LogP contribution in [-0.4, -0.2) is 43.9 Å². The lowest BCUT2D eigenvalue weighted by atomic mass is 10.1. The lowest BCUT2D eigenvalue weighted by molar-refractivity contribution is 0.0850. The molecule has 1 atom stereocenters. The van der Waals surface area contributed by atoms with Crippen molar-refractivity contribution < 1.29 is 14.6 Å². The number of aliphatic hydroxyl groups is 1. The second-order valence-electron chi connectivity index (χ2n) is 5.65. The molecule has 1 amide bonds. The summed E-state index contributed by atoms with van der Waals surface area (Å²) in [5.74, 6) is 0.225. The van der Waals surface area contributed by atoms with E-state index < -0.39 is 12.0 Å². The SMILES string of the molecule is NC(=O)c1ccc(-c2nnn(CC(O)COc3cc(Cl)ccc3Cl)n2)cc1. The number of rotatable bonds is 7. The highest BCUT2D eigenvalue weighted by Crippen LogP contribution is 2.27. The minimum atomic E-state index is -0.890. The number of carbonyl (C=O) groups excluding carboxylic acids is 1. The number of benzene rings is 2. The van der Waals surface area contributed by atoms with Gasteiger partial charge in [-0.05, 0) is 29.5 Å². The Hall–Kier alpha value is -2.68. The first kappa shape index (κ1) is 19.1. The zero-order chi connectivity index (χ0) is 19.4.